The summed E-state index contributed by atoms with van der Waals surface area (Å²) >= 11 is 0. The minimum atomic E-state index is -0.571. The lowest BCUT2D eigenvalue weighted by Gasteiger charge is -2.23. The zero-order valence-corrected chi connectivity index (χ0v) is 21.0. The molecule has 0 fully saturated rings. The van der Waals surface area contributed by atoms with Gasteiger partial charge in [0.2, 0.25) is 5.91 Å². The maximum absolute atomic E-state index is 14.1. The fraction of sp³-hybridized carbons (Fsp3) is 0.207. The van der Waals surface area contributed by atoms with Crippen molar-refractivity contribution in [3.05, 3.63) is 96.6 Å². The lowest BCUT2D eigenvalue weighted by atomic mass is 10.1. The molecular formula is C29H29F2N5O2. The second-order valence-electron chi connectivity index (χ2n) is 8.76. The molecule has 0 bridgehead atoms. The van der Waals surface area contributed by atoms with Gasteiger partial charge in [-0.25, -0.2) is 18.3 Å². The monoisotopic (exact) mass is 517 g/mol. The number of unbranched alkanes of at least 4 members (excludes halogenated alkanes) is 2. The fourth-order valence-corrected chi connectivity index (χ4v) is 3.92. The first kappa shape index (κ1) is 26.5. The number of aromatic nitrogens is 2. The average molecular weight is 518 g/mol. The smallest absolute Gasteiger partial charge is 0.315 e. The molecule has 2 N–H and O–H groups in total. The highest BCUT2D eigenvalue weighted by atomic mass is 19.1. The van der Waals surface area contributed by atoms with Gasteiger partial charge in [-0.05, 0) is 42.8 Å². The topological polar surface area (TPSA) is 79.3 Å². The van der Waals surface area contributed by atoms with Crippen molar-refractivity contribution >= 4 is 23.4 Å². The first-order valence-corrected chi connectivity index (χ1v) is 12.5. The lowest BCUT2D eigenvalue weighted by Crippen LogP contribution is -2.41. The van der Waals surface area contributed by atoms with Gasteiger partial charge < -0.3 is 15.5 Å². The number of hydrogen-bond acceptors (Lipinski definition) is 3. The second kappa shape index (κ2) is 12.6. The number of amides is 3. The number of hydrogen-bond donors (Lipinski definition) is 2. The van der Waals surface area contributed by atoms with E-state index >= 15 is 0 Å². The Hall–Kier alpha value is -4.53. The van der Waals surface area contributed by atoms with Crippen LogP contribution in [0.5, 0.6) is 0 Å². The van der Waals surface area contributed by atoms with E-state index in [1.165, 1.54) is 39.9 Å². The Kier molecular flexibility index (Phi) is 8.81. The third kappa shape index (κ3) is 6.82. The molecule has 0 unspecified atom stereocenters. The number of rotatable bonds is 10. The maximum Gasteiger partial charge on any atom is 0.322 e. The molecule has 0 aliphatic heterocycles. The van der Waals surface area contributed by atoms with Gasteiger partial charge >= 0.3 is 6.03 Å². The van der Waals surface area contributed by atoms with Crippen molar-refractivity contribution in [3.8, 4) is 16.9 Å². The molecular weight excluding hydrogens is 488 g/mol. The summed E-state index contributed by atoms with van der Waals surface area (Å²) in [7, 11) is 0. The van der Waals surface area contributed by atoms with E-state index in [9.17, 15) is 18.4 Å². The van der Waals surface area contributed by atoms with Crippen molar-refractivity contribution in [2.75, 3.05) is 23.7 Å². The molecule has 196 valence electrons. The Morgan fingerprint density at radius 3 is 2.32 bits per heavy atom. The standard InChI is InChI=1S/C29H29F2N5O2/c1-2-3-9-18-35(29(38)32-25-13-8-7-12-24(25)31)20-28(37)33-27-19-26(21-10-5-4-6-11-21)34-36(27)23-16-14-22(30)15-17-23/h4-8,10-17,19H,2-3,9,18,20H2,1H3,(H,32,38)(H,33,37). The number of urea groups is 1. The Morgan fingerprint density at radius 1 is 0.895 bits per heavy atom. The van der Waals surface area contributed by atoms with Gasteiger partial charge in [-0.15, -0.1) is 0 Å². The van der Waals surface area contributed by atoms with E-state index in [4.69, 9.17) is 0 Å². The molecule has 0 saturated carbocycles. The van der Waals surface area contributed by atoms with Crippen LogP contribution in [0, 0.1) is 11.6 Å². The summed E-state index contributed by atoms with van der Waals surface area (Å²) in [5.41, 5.74) is 2.05. The van der Waals surface area contributed by atoms with Crippen LogP contribution in [-0.4, -0.2) is 39.7 Å². The van der Waals surface area contributed by atoms with Crippen LogP contribution in [0.2, 0.25) is 0 Å². The molecule has 1 heterocycles. The molecule has 3 amide bonds. The van der Waals surface area contributed by atoms with Gasteiger partial charge in [0.15, 0.2) is 0 Å². The normalized spacial score (nSPS) is 10.7. The van der Waals surface area contributed by atoms with Crippen LogP contribution in [0.4, 0.5) is 25.1 Å². The molecule has 1 aromatic heterocycles. The predicted molar refractivity (Wildman–Crippen MR) is 144 cm³/mol. The first-order chi connectivity index (χ1) is 18.4. The molecule has 0 spiro atoms. The summed E-state index contributed by atoms with van der Waals surface area (Å²) in [4.78, 5) is 27.5. The first-order valence-electron chi connectivity index (χ1n) is 12.5. The van der Waals surface area contributed by atoms with Crippen molar-refractivity contribution < 1.29 is 18.4 Å². The summed E-state index contributed by atoms with van der Waals surface area (Å²) in [5, 5.41) is 10.0. The molecule has 7 nitrogen and oxygen atoms in total. The number of anilines is 2. The lowest BCUT2D eigenvalue weighted by molar-refractivity contribution is -0.116. The third-order valence-corrected chi connectivity index (χ3v) is 5.89. The van der Waals surface area contributed by atoms with E-state index in [1.54, 1.807) is 24.3 Å². The average Bonchev–Trinajstić information content (AvgIpc) is 3.34. The van der Waals surface area contributed by atoms with E-state index in [1.807, 2.05) is 37.3 Å². The molecule has 4 aromatic rings. The summed E-state index contributed by atoms with van der Waals surface area (Å²) in [6.07, 6.45) is 2.51. The highest BCUT2D eigenvalue weighted by Crippen LogP contribution is 2.25. The fourth-order valence-electron chi connectivity index (χ4n) is 3.92. The van der Waals surface area contributed by atoms with Gasteiger partial charge in [0.25, 0.3) is 0 Å². The number of nitrogens with zero attached hydrogens (tertiary/aromatic N) is 3. The number of nitrogens with one attached hydrogen (secondary N) is 2. The van der Waals surface area contributed by atoms with Gasteiger partial charge in [-0.2, -0.15) is 5.10 Å². The van der Waals surface area contributed by atoms with Crippen LogP contribution < -0.4 is 10.6 Å². The van der Waals surface area contributed by atoms with Gasteiger partial charge in [0, 0.05) is 18.2 Å². The van der Waals surface area contributed by atoms with Crippen molar-refractivity contribution in [1.82, 2.24) is 14.7 Å². The highest BCUT2D eigenvalue weighted by molar-refractivity contribution is 5.97. The van der Waals surface area contributed by atoms with Gasteiger partial charge in [-0.3, -0.25) is 4.79 Å². The van der Waals surface area contributed by atoms with Gasteiger partial charge in [-0.1, -0.05) is 62.2 Å². The van der Waals surface area contributed by atoms with E-state index in [0.717, 1.165) is 18.4 Å². The number of halogens is 2. The van der Waals surface area contributed by atoms with Crippen LogP contribution >= 0.6 is 0 Å². The quantitative estimate of drug-likeness (QED) is 0.236. The van der Waals surface area contributed by atoms with Gasteiger partial charge in [0.05, 0.1) is 17.1 Å². The van der Waals surface area contributed by atoms with Crippen molar-refractivity contribution in [1.29, 1.82) is 0 Å². The van der Waals surface area contributed by atoms with Crippen LogP contribution in [0.15, 0.2) is 84.9 Å². The molecule has 0 saturated heterocycles. The second-order valence-corrected chi connectivity index (χ2v) is 8.76. The zero-order valence-electron chi connectivity index (χ0n) is 21.0. The minimum Gasteiger partial charge on any atom is -0.315 e. The van der Waals surface area contributed by atoms with E-state index in [-0.39, 0.29) is 12.2 Å². The van der Waals surface area contributed by atoms with Crippen LogP contribution in [0.25, 0.3) is 16.9 Å². The van der Waals surface area contributed by atoms with E-state index in [0.29, 0.717) is 30.2 Å². The Labute approximate surface area is 220 Å². The molecule has 9 heteroatoms. The van der Waals surface area contributed by atoms with Crippen molar-refractivity contribution in [2.45, 2.75) is 26.2 Å². The summed E-state index contributed by atoms with van der Waals surface area (Å²) in [5.74, 6) is -1.04. The number of para-hydroxylation sites is 1. The molecule has 0 atom stereocenters. The summed E-state index contributed by atoms with van der Waals surface area (Å²) in [6.45, 7) is 2.12. The van der Waals surface area contributed by atoms with Crippen LogP contribution in [0.3, 0.4) is 0 Å². The van der Waals surface area contributed by atoms with E-state index in [2.05, 4.69) is 15.7 Å². The largest absolute Gasteiger partial charge is 0.322 e. The van der Waals surface area contributed by atoms with Crippen LogP contribution in [-0.2, 0) is 4.79 Å². The third-order valence-electron chi connectivity index (χ3n) is 5.89. The summed E-state index contributed by atoms with van der Waals surface area (Å²) in [6, 6.07) is 22.2. The molecule has 0 radical (unpaired) electrons. The molecule has 0 aliphatic rings. The minimum absolute atomic E-state index is 0.0419. The number of carbonyl (C=O) groups excluding carboxylic acids is 2. The van der Waals surface area contributed by atoms with Crippen LogP contribution in [0.1, 0.15) is 26.2 Å². The Morgan fingerprint density at radius 2 is 1.61 bits per heavy atom. The summed E-state index contributed by atoms with van der Waals surface area (Å²) < 4.78 is 29.2. The van der Waals surface area contributed by atoms with E-state index < -0.39 is 23.6 Å². The van der Waals surface area contributed by atoms with Crippen molar-refractivity contribution in [2.24, 2.45) is 0 Å². The molecule has 4 rings (SSSR count). The highest BCUT2D eigenvalue weighted by Gasteiger charge is 2.20. The number of carbonyl (C=O) groups is 2. The molecule has 38 heavy (non-hydrogen) atoms. The molecule has 3 aromatic carbocycles. The maximum atomic E-state index is 14.1. The predicted octanol–water partition coefficient (Wildman–Crippen LogP) is 6.48. The SMILES string of the molecule is CCCCCN(CC(=O)Nc1cc(-c2ccccc2)nn1-c1ccc(F)cc1)C(=O)Nc1ccccc1F. The number of benzene rings is 3. The Bertz CT molecular complexity index is 1370. The van der Waals surface area contributed by atoms with Crippen molar-refractivity contribution in [3.63, 3.8) is 0 Å². The Balaban J connectivity index is 1.55. The zero-order chi connectivity index (χ0) is 26.9. The van der Waals surface area contributed by atoms with Gasteiger partial charge in [0.1, 0.15) is 24.0 Å². The molecule has 0 aliphatic carbocycles.